The first-order valence-corrected chi connectivity index (χ1v) is 10.4. The Kier molecular flexibility index (Phi) is 5.53. The lowest BCUT2D eigenvalue weighted by Gasteiger charge is -2.12. The number of hydrogen-bond acceptors (Lipinski definition) is 6. The van der Waals surface area contributed by atoms with Gasteiger partial charge in [-0.15, -0.1) is 11.3 Å². The number of benzene rings is 1. The van der Waals surface area contributed by atoms with Crippen LogP contribution in [0.25, 0.3) is 10.2 Å². The summed E-state index contributed by atoms with van der Waals surface area (Å²) in [6.45, 7) is 0.268. The van der Waals surface area contributed by atoms with Crippen molar-refractivity contribution in [2.75, 3.05) is 19.5 Å². The molecule has 0 saturated carbocycles. The highest BCUT2D eigenvalue weighted by molar-refractivity contribution is 7.18. The first kappa shape index (κ1) is 19.4. The van der Waals surface area contributed by atoms with E-state index < -0.39 is 0 Å². The minimum Gasteiger partial charge on any atom is -0.497 e. The molecule has 1 N–H and O–H groups in total. The van der Waals surface area contributed by atoms with Crippen molar-refractivity contribution in [1.29, 1.82) is 0 Å². The second-order valence-corrected chi connectivity index (χ2v) is 8.08. The average molecular weight is 413 g/mol. The second-order valence-electron chi connectivity index (χ2n) is 7.00. The maximum absolute atomic E-state index is 13.0. The molecule has 1 aliphatic carbocycles. The van der Waals surface area contributed by atoms with Gasteiger partial charge in [0.25, 0.3) is 5.56 Å². The predicted octanol–water partition coefficient (Wildman–Crippen LogP) is 3.38. The van der Waals surface area contributed by atoms with Crippen LogP contribution in [-0.4, -0.2) is 29.7 Å². The number of hydrogen-bond donors (Lipinski definition) is 1. The number of carbonyl (C=O) groups is 1. The van der Waals surface area contributed by atoms with Gasteiger partial charge in [0.1, 0.15) is 16.3 Å². The fourth-order valence-corrected chi connectivity index (χ4v) is 4.91. The first-order chi connectivity index (χ1) is 14.1. The van der Waals surface area contributed by atoms with Gasteiger partial charge in [0, 0.05) is 23.9 Å². The molecule has 0 fully saturated rings. The molecule has 0 spiro atoms. The summed E-state index contributed by atoms with van der Waals surface area (Å²) in [5.74, 6) is 0.953. The molecule has 8 heteroatoms. The number of nitrogens with one attached hydrogen (secondary N) is 1. The Hall–Kier alpha value is -2.87. The molecule has 7 nitrogen and oxygen atoms in total. The van der Waals surface area contributed by atoms with Crippen molar-refractivity contribution in [1.82, 2.24) is 9.55 Å². The highest BCUT2D eigenvalue weighted by atomic mass is 32.1. The predicted molar refractivity (Wildman–Crippen MR) is 113 cm³/mol. The molecule has 0 saturated heterocycles. The number of aromatic nitrogens is 2. The van der Waals surface area contributed by atoms with Crippen molar-refractivity contribution in [3.63, 3.8) is 0 Å². The van der Waals surface area contributed by atoms with E-state index in [1.54, 1.807) is 50.1 Å². The maximum Gasteiger partial charge on any atom is 0.262 e. The second kappa shape index (κ2) is 8.24. The van der Waals surface area contributed by atoms with Gasteiger partial charge in [0.15, 0.2) is 0 Å². The lowest BCUT2D eigenvalue weighted by molar-refractivity contribution is -0.116. The number of ether oxygens (including phenoxy) is 2. The van der Waals surface area contributed by atoms with Crippen LogP contribution >= 0.6 is 11.3 Å². The van der Waals surface area contributed by atoms with Crippen LogP contribution in [0.15, 0.2) is 29.3 Å². The third kappa shape index (κ3) is 3.85. The van der Waals surface area contributed by atoms with Gasteiger partial charge in [0.2, 0.25) is 5.91 Å². The Labute approximate surface area is 172 Å². The zero-order valence-electron chi connectivity index (χ0n) is 16.5. The van der Waals surface area contributed by atoms with Crippen LogP contribution in [0, 0.1) is 0 Å². The molecular formula is C21H23N3O4S. The van der Waals surface area contributed by atoms with Crippen LogP contribution < -0.4 is 20.3 Å². The van der Waals surface area contributed by atoms with Crippen molar-refractivity contribution < 1.29 is 14.3 Å². The summed E-state index contributed by atoms with van der Waals surface area (Å²) in [5, 5.41) is 3.57. The summed E-state index contributed by atoms with van der Waals surface area (Å²) >= 11 is 1.63. The van der Waals surface area contributed by atoms with Gasteiger partial charge in [0.05, 0.1) is 31.6 Å². The highest BCUT2D eigenvalue weighted by Crippen LogP contribution is 2.33. The molecule has 4 rings (SSSR count). The quantitative estimate of drug-likeness (QED) is 0.670. The third-order valence-electron chi connectivity index (χ3n) is 5.20. The molecule has 0 bridgehead atoms. The fourth-order valence-electron chi connectivity index (χ4n) is 3.69. The van der Waals surface area contributed by atoms with Gasteiger partial charge in [-0.25, -0.2) is 4.98 Å². The molecule has 152 valence electrons. The molecule has 0 aliphatic heterocycles. The van der Waals surface area contributed by atoms with Gasteiger partial charge >= 0.3 is 0 Å². The monoisotopic (exact) mass is 413 g/mol. The van der Waals surface area contributed by atoms with Crippen LogP contribution in [0.4, 0.5) is 5.69 Å². The number of amides is 1. The normalized spacial score (nSPS) is 13.2. The molecule has 2 heterocycles. The Morgan fingerprint density at radius 3 is 2.86 bits per heavy atom. The smallest absolute Gasteiger partial charge is 0.262 e. The zero-order chi connectivity index (χ0) is 20.4. The third-order valence-corrected chi connectivity index (χ3v) is 6.40. The van der Waals surface area contributed by atoms with E-state index in [1.807, 2.05) is 0 Å². The van der Waals surface area contributed by atoms with E-state index >= 15 is 0 Å². The lowest BCUT2D eigenvalue weighted by Crippen LogP contribution is -2.24. The number of fused-ring (bicyclic) bond motifs is 3. The molecule has 0 unspecified atom stereocenters. The fraction of sp³-hybridized carbons (Fsp3) is 0.381. The molecule has 29 heavy (non-hydrogen) atoms. The number of aryl methyl sites for hydroxylation is 3. The number of thiophene rings is 1. The van der Waals surface area contributed by atoms with Crippen molar-refractivity contribution in [2.24, 2.45) is 0 Å². The standard InChI is InChI=1S/C21H23N3O4S/c1-27-13-7-8-16(28-2)15(11-13)23-18(25)9-10-24-12-22-20-19(21(24)26)14-5-3-4-6-17(14)29-20/h7-8,11-12H,3-6,9-10H2,1-2H3,(H,23,25). The van der Waals surface area contributed by atoms with Gasteiger partial charge in [-0.2, -0.15) is 0 Å². The van der Waals surface area contributed by atoms with Crippen LogP contribution in [0.1, 0.15) is 29.7 Å². The number of carbonyl (C=O) groups excluding carboxylic acids is 1. The SMILES string of the molecule is COc1ccc(OC)c(NC(=O)CCn2cnc3sc4c(c3c2=O)CCCC4)c1. The number of rotatable bonds is 6. The van der Waals surface area contributed by atoms with E-state index in [2.05, 4.69) is 10.3 Å². The lowest BCUT2D eigenvalue weighted by atomic mass is 9.97. The molecule has 0 atom stereocenters. The molecule has 0 radical (unpaired) electrons. The van der Waals surface area contributed by atoms with E-state index in [0.29, 0.717) is 17.2 Å². The van der Waals surface area contributed by atoms with Crippen LogP contribution in [0.3, 0.4) is 0 Å². The van der Waals surface area contributed by atoms with E-state index in [-0.39, 0.29) is 24.4 Å². The zero-order valence-corrected chi connectivity index (χ0v) is 17.3. The summed E-state index contributed by atoms with van der Waals surface area (Å²) in [5.41, 5.74) is 1.64. The van der Waals surface area contributed by atoms with E-state index in [1.165, 1.54) is 15.9 Å². The van der Waals surface area contributed by atoms with Crippen molar-refractivity contribution in [3.8, 4) is 11.5 Å². The molecular weight excluding hydrogens is 390 g/mol. The minimum atomic E-state index is -0.212. The number of anilines is 1. The maximum atomic E-state index is 13.0. The summed E-state index contributed by atoms with van der Waals surface area (Å²) in [7, 11) is 3.10. The van der Waals surface area contributed by atoms with Gasteiger partial charge in [-0.3, -0.25) is 14.2 Å². The van der Waals surface area contributed by atoms with Crippen LogP contribution in [0.5, 0.6) is 11.5 Å². The van der Waals surface area contributed by atoms with E-state index in [4.69, 9.17) is 9.47 Å². The Bertz CT molecular complexity index is 1120. The van der Waals surface area contributed by atoms with Gasteiger partial charge in [-0.05, 0) is 43.4 Å². The van der Waals surface area contributed by atoms with Crippen molar-refractivity contribution in [3.05, 3.63) is 45.3 Å². The average Bonchev–Trinajstić information content (AvgIpc) is 3.12. The van der Waals surface area contributed by atoms with Gasteiger partial charge in [-0.1, -0.05) is 0 Å². The van der Waals surface area contributed by atoms with Gasteiger partial charge < -0.3 is 14.8 Å². The molecule has 2 aromatic heterocycles. The molecule has 1 aromatic carbocycles. The Balaban J connectivity index is 1.51. The topological polar surface area (TPSA) is 82.4 Å². The summed E-state index contributed by atoms with van der Waals surface area (Å²) in [4.78, 5) is 32.0. The molecule has 1 aliphatic rings. The van der Waals surface area contributed by atoms with E-state index in [9.17, 15) is 9.59 Å². The van der Waals surface area contributed by atoms with Crippen molar-refractivity contribution in [2.45, 2.75) is 38.6 Å². The number of nitrogens with zero attached hydrogens (tertiary/aromatic N) is 2. The number of methoxy groups -OCH3 is 2. The minimum absolute atomic E-state index is 0.0545. The summed E-state index contributed by atoms with van der Waals surface area (Å²) in [6.07, 6.45) is 5.94. The van der Waals surface area contributed by atoms with Crippen LogP contribution in [0.2, 0.25) is 0 Å². The van der Waals surface area contributed by atoms with E-state index in [0.717, 1.165) is 35.0 Å². The molecule has 1 amide bonds. The summed E-state index contributed by atoms with van der Waals surface area (Å²) < 4.78 is 12.0. The Morgan fingerprint density at radius 2 is 2.07 bits per heavy atom. The Morgan fingerprint density at radius 1 is 1.24 bits per heavy atom. The highest BCUT2D eigenvalue weighted by Gasteiger charge is 2.20. The van der Waals surface area contributed by atoms with Crippen molar-refractivity contribution >= 4 is 33.1 Å². The first-order valence-electron chi connectivity index (χ1n) is 9.62. The molecule has 3 aromatic rings. The summed E-state index contributed by atoms with van der Waals surface area (Å²) in [6, 6.07) is 5.20. The van der Waals surface area contributed by atoms with Crippen LogP contribution in [-0.2, 0) is 24.2 Å². The largest absolute Gasteiger partial charge is 0.497 e.